The Kier molecular flexibility index (Phi) is 20.9. The molecule has 0 radical (unpaired) electrons. The highest BCUT2D eigenvalue weighted by molar-refractivity contribution is 5.79. The van der Waals surface area contributed by atoms with E-state index in [0.717, 1.165) is 0 Å². The van der Waals surface area contributed by atoms with E-state index >= 15 is 0 Å². The predicted octanol–water partition coefficient (Wildman–Crippen LogP) is 2.19. The average Bonchev–Trinajstić information content (AvgIpc) is 2.84. The van der Waals surface area contributed by atoms with Crippen LogP contribution in [0.3, 0.4) is 0 Å². The molecule has 214 valence electrons. The molecule has 1 unspecified atom stereocenters. The molecule has 0 aliphatic heterocycles. The highest BCUT2D eigenvalue weighted by Gasteiger charge is 2.41. The monoisotopic (exact) mass is 524 g/mol. The van der Waals surface area contributed by atoms with Gasteiger partial charge in [0.25, 0.3) is 0 Å². The van der Waals surface area contributed by atoms with E-state index in [-0.39, 0.29) is 19.6 Å². The lowest BCUT2D eigenvalue weighted by Gasteiger charge is -2.32. The molecule has 0 bridgehead atoms. The van der Waals surface area contributed by atoms with Crippen molar-refractivity contribution >= 4 is 11.9 Å². The maximum absolute atomic E-state index is 12.3. The number of carboxylic acid groups (broad SMARTS) is 1. The van der Waals surface area contributed by atoms with Crippen LogP contribution >= 0.6 is 0 Å². The Morgan fingerprint density at radius 3 is 1.25 bits per heavy atom. The summed E-state index contributed by atoms with van der Waals surface area (Å²) in [6.07, 6.45) is 0.636. The first-order valence-electron chi connectivity index (χ1n) is 12.6. The second-order valence-electron chi connectivity index (χ2n) is 9.08. The molecule has 11 heteroatoms. The van der Waals surface area contributed by atoms with Gasteiger partial charge < -0.3 is 43.0 Å². The van der Waals surface area contributed by atoms with Crippen LogP contribution in [0.4, 0.5) is 0 Å². The lowest BCUT2D eigenvalue weighted by atomic mass is 9.72. The van der Waals surface area contributed by atoms with E-state index in [0.29, 0.717) is 85.7 Å². The summed E-state index contributed by atoms with van der Waals surface area (Å²) in [6.45, 7) is 13.1. The van der Waals surface area contributed by atoms with Crippen LogP contribution in [0.5, 0.6) is 0 Å². The van der Waals surface area contributed by atoms with E-state index in [2.05, 4.69) is 0 Å². The Morgan fingerprint density at radius 2 is 0.944 bits per heavy atom. The number of methoxy groups -OCH3 is 1. The first-order valence-corrected chi connectivity index (χ1v) is 12.6. The molecule has 0 saturated heterocycles. The zero-order valence-electron chi connectivity index (χ0n) is 22.8. The van der Waals surface area contributed by atoms with Crippen molar-refractivity contribution in [1.29, 1.82) is 0 Å². The van der Waals surface area contributed by atoms with Crippen LogP contribution in [0.25, 0.3) is 0 Å². The van der Waals surface area contributed by atoms with Gasteiger partial charge in [-0.3, -0.25) is 9.59 Å². The maximum Gasteiger partial charge on any atom is 0.311 e. The molecule has 0 amide bonds. The summed E-state index contributed by atoms with van der Waals surface area (Å²) in [5.41, 5.74) is -1.87. The van der Waals surface area contributed by atoms with Crippen molar-refractivity contribution in [3.8, 4) is 0 Å². The Labute approximate surface area is 216 Å². The smallest absolute Gasteiger partial charge is 0.311 e. The van der Waals surface area contributed by atoms with E-state index in [1.54, 1.807) is 34.8 Å². The molecule has 0 aliphatic carbocycles. The third-order valence-electron chi connectivity index (χ3n) is 5.43. The summed E-state index contributed by atoms with van der Waals surface area (Å²) in [7, 11) is 1.63. The highest BCUT2D eigenvalue weighted by atomic mass is 16.6. The van der Waals surface area contributed by atoms with Crippen molar-refractivity contribution in [2.75, 3.05) is 99.6 Å². The fourth-order valence-electron chi connectivity index (χ4n) is 3.13. The van der Waals surface area contributed by atoms with E-state index in [1.807, 2.05) is 0 Å². The fourth-order valence-corrected chi connectivity index (χ4v) is 3.13. The van der Waals surface area contributed by atoms with Crippen LogP contribution in [0.1, 0.15) is 40.5 Å². The normalized spacial score (nSPS) is 13.5. The number of carboxylic acids is 1. The van der Waals surface area contributed by atoms with Gasteiger partial charge in [-0.05, 0) is 33.6 Å². The molecule has 0 heterocycles. The number of hydrogen-bond donors (Lipinski definition) is 1. The summed E-state index contributed by atoms with van der Waals surface area (Å²) in [5, 5.41) is 9.43. The molecule has 0 rings (SSSR count). The number of aliphatic carboxylic acids is 1. The minimum atomic E-state index is -0.970. The van der Waals surface area contributed by atoms with Gasteiger partial charge in [0.05, 0.1) is 96.7 Å². The SMILES string of the molecule is CCC(C)(CC(C)(C)C(=O)OCCOCCOCCOCCOCCOCCOCCOC)C(=O)O. The van der Waals surface area contributed by atoms with Crippen LogP contribution < -0.4 is 0 Å². The average molecular weight is 525 g/mol. The number of carbonyl (C=O) groups excluding carboxylic acids is 1. The van der Waals surface area contributed by atoms with Crippen molar-refractivity contribution in [2.45, 2.75) is 40.5 Å². The van der Waals surface area contributed by atoms with Crippen molar-refractivity contribution in [2.24, 2.45) is 10.8 Å². The molecule has 36 heavy (non-hydrogen) atoms. The minimum absolute atomic E-state index is 0.106. The van der Waals surface area contributed by atoms with Crippen LogP contribution in [-0.2, 0) is 47.5 Å². The number of carbonyl (C=O) groups is 2. The summed E-state index contributed by atoms with van der Waals surface area (Å²) >= 11 is 0. The van der Waals surface area contributed by atoms with E-state index in [4.69, 9.17) is 37.9 Å². The molecule has 1 N–H and O–H groups in total. The molecule has 0 aromatic heterocycles. The van der Waals surface area contributed by atoms with Crippen LogP contribution in [-0.4, -0.2) is 117 Å². The van der Waals surface area contributed by atoms with Crippen molar-refractivity contribution in [1.82, 2.24) is 0 Å². The summed E-state index contributed by atoms with van der Waals surface area (Å²) in [4.78, 5) is 23.9. The van der Waals surface area contributed by atoms with Gasteiger partial charge in [-0.15, -0.1) is 0 Å². The first kappa shape index (κ1) is 34.7. The van der Waals surface area contributed by atoms with Crippen molar-refractivity contribution in [3.05, 3.63) is 0 Å². The van der Waals surface area contributed by atoms with Crippen LogP contribution in [0.2, 0.25) is 0 Å². The Bertz CT molecular complexity index is 556. The van der Waals surface area contributed by atoms with E-state index in [9.17, 15) is 14.7 Å². The zero-order chi connectivity index (χ0) is 27.1. The summed E-state index contributed by atoms with van der Waals surface area (Å²) in [6, 6.07) is 0. The topological polar surface area (TPSA) is 128 Å². The molecule has 0 aliphatic rings. The fraction of sp³-hybridized carbons (Fsp3) is 0.920. The van der Waals surface area contributed by atoms with E-state index in [1.165, 1.54) is 0 Å². The van der Waals surface area contributed by atoms with Gasteiger partial charge in [-0.25, -0.2) is 0 Å². The molecule has 11 nitrogen and oxygen atoms in total. The Hall–Kier alpha value is -1.34. The number of esters is 1. The molecular formula is C25H48O11. The van der Waals surface area contributed by atoms with Crippen molar-refractivity contribution in [3.63, 3.8) is 0 Å². The van der Waals surface area contributed by atoms with Gasteiger partial charge in [-0.2, -0.15) is 0 Å². The molecule has 1 atom stereocenters. The third-order valence-corrected chi connectivity index (χ3v) is 5.43. The molecule has 0 fully saturated rings. The standard InChI is InChI=1S/C25H48O11/c1-6-25(4,22(26)27)21-24(2,3)23(28)36-20-19-35-18-17-34-16-15-33-14-13-32-12-11-31-10-9-30-8-7-29-5/h6-21H2,1-5H3,(H,26,27). The molecule has 0 aromatic carbocycles. The number of rotatable bonds is 26. The second-order valence-corrected chi connectivity index (χ2v) is 9.08. The highest BCUT2D eigenvalue weighted by Crippen LogP contribution is 2.37. The van der Waals surface area contributed by atoms with E-state index < -0.39 is 22.8 Å². The quantitative estimate of drug-likeness (QED) is 0.132. The van der Waals surface area contributed by atoms with Crippen molar-refractivity contribution < 1.29 is 52.6 Å². The Morgan fingerprint density at radius 1 is 0.611 bits per heavy atom. The lowest BCUT2D eigenvalue weighted by Crippen LogP contribution is -2.37. The first-order chi connectivity index (χ1) is 17.2. The van der Waals surface area contributed by atoms with Gasteiger partial charge >= 0.3 is 11.9 Å². The zero-order valence-corrected chi connectivity index (χ0v) is 22.8. The Balaban J connectivity index is 3.48. The van der Waals surface area contributed by atoms with Crippen LogP contribution in [0.15, 0.2) is 0 Å². The predicted molar refractivity (Wildman–Crippen MR) is 132 cm³/mol. The largest absolute Gasteiger partial charge is 0.481 e. The number of ether oxygens (including phenoxy) is 8. The van der Waals surface area contributed by atoms with Gasteiger partial charge in [0.1, 0.15) is 6.61 Å². The summed E-state index contributed by atoms with van der Waals surface area (Å²) < 4.78 is 42.4. The van der Waals surface area contributed by atoms with Crippen LogP contribution in [0, 0.1) is 10.8 Å². The minimum Gasteiger partial charge on any atom is -0.481 e. The molecule has 0 spiro atoms. The third kappa shape index (κ3) is 18.0. The van der Waals surface area contributed by atoms with Gasteiger partial charge in [0.15, 0.2) is 0 Å². The number of hydrogen-bond acceptors (Lipinski definition) is 10. The van der Waals surface area contributed by atoms with Gasteiger partial charge in [0, 0.05) is 7.11 Å². The molecule has 0 saturated carbocycles. The summed E-state index contributed by atoms with van der Waals surface area (Å²) in [5.74, 6) is -1.34. The molecular weight excluding hydrogens is 476 g/mol. The molecule has 0 aromatic rings. The van der Waals surface area contributed by atoms with Gasteiger partial charge in [-0.1, -0.05) is 6.92 Å². The lowest BCUT2D eigenvalue weighted by molar-refractivity contribution is -0.161. The van der Waals surface area contributed by atoms with Gasteiger partial charge in [0.2, 0.25) is 0 Å². The maximum atomic E-state index is 12.3. The second kappa shape index (κ2) is 21.7.